The fraction of sp³-hybridized carbons (Fsp3) is 0.0909. The minimum atomic E-state index is 1.11. The van der Waals surface area contributed by atoms with Gasteiger partial charge in [-0.1, -0.05) is 24.3 Å². The molecule has 0 heterocycles. The van der Waals surface area contributed by atoms with Crippen LogP contribution in [0.1, 0.15) is 11.1 Å². The highest BCUT2D eigenvalue weighted by molar-refractivity contribution is 5.74. The van der Waals surface area contributed by atoms with Crippen LogP contribution >= 0.6 is 0 Å². The van der Waals surface area contributed by atoms with Gasteiger partial charge >= 0.3 is 0 Å². The van der Waals surface area contributed by atoms with Crippen molar-refractivity contribution in [3.63, 3.8) is 0 Å². The van der Waals surface area contributed by atoms with Crippen LogP contribution in [0, 0.1) is 6.07 Å². The van der Waals surface area contributed by atoms with E-state index in [2.05, 4.69) is 36.4 Å². The Morgan fingerprint density at radius 1 is 1.18 bits per heavy atom. The summed E-state index contributed by atoms with van der Waals surface area (Å²) in [4.78, 5) is 0. The molecule has 3 aliphatic rings. The van der Waals surface area contributed by atoms with Crippen molar-refractivity contribution in [2.75, 3.05) is 0 Å². The van der Waals surface area contributed by atoms with Gasteiger partial charge in [-0.3, -0.25) is 0 Å². The Balaban J connectivity index is 2.51. The van der Waals surface area contributed by atoms with Gasteiger partial charge in [0.15, 0.2) is 0 Å². The van der Waals surface area contributed by atoms with Crippen molar-refractivity contribution in [2.24, 2.45) is 0 Å². The number of hydrogen-bond acceptors (Lipinski definition) is 0. The zero-order chi connectivity index (χ0) is 7.26. The number of fused-ring (bicyclic) bond motifs is 1. The minimum absolute atomic E-state index is 1.11. The van der Waals surface area contributed by atoms with Gasteiger partial charge in [0.05, 0.1) is 0 Å². The Bertz CT molecular complexity index is 388. The molecule has 3 rings (SSSR count). The Labute approximate surface area is 65.8 Å². The summed E-state index contributed by atoms with van der Waals surface area (Å²) < 4.78 is 0. The number of rotatable bonds is 0. The van der Waals surface area contributed by atoms with Crippen LogP contribution in [0.15, 0.2) is 30.3 Å². The molecule has 0 aromatic heterocycles. The second-order valence-corrected chi connectivity index (χ2v) is 3.08. The van der Waals surface area contributed by atoms with Gasteiger partial charge in [-0.25, -0.2) is 0 Å². The molecular formula is C11H7. The largest absolute Gasteiger partial charge is 0.0575 e. The van der Waals surface area contributed by atoms with E-state index in [-0.39, 0.29) is 0 Å². The van der Waals surface area contributed by atoms with Gasteiger partial charge in [0.2, 0.25) is 0 Å². The summed E-state index contributed by atoms with van der Waals surface area (Å²) in [7, 11) is 0. The topological polar surface area (TPSA) is 0 Å². The summed E-state index contributed by atoms with van der Waals surface area (Å²) in [6, 6.07) is 13.9. The third kappa shape index (κ3) is 0.591. The van der Waals surface area contributed by atoms with Crippen molar-refractivity contribution >= 4 is 0 Å². The fourth-order valence-corrected chi connectivity index (χ4v) is 1.80. The second-order valence-electron chi connectivity index (χ2n) is 3.08. The number of hydrogen-bond donors (Lipinski definition) is 0. The average Bonchev–Trinajstić information content (AvgIpc) is 2.46. The van der Waals surface area contributed by atoms with E-state index < -0.39 is 0 Å². The summed E-state index contributed by atoms with van der Waals surface area (Å²) in [5, 5.41) is 0. The van der Waals surface area contributed by atoms with Gasteiger partial charge < -0.3 is 0 Å². The monoisotopic (exact) mass is 139 g/mol. The lowest BCUT2D eigenvalue weighted by atomic mass is 10.1. The van der Waals surface area contributed by atoms with Crippen LogP contribution in [0.4, 0.5) is 0 Å². The molecule has 0 saturated carbocycles. The fourth-order valence-electron chi connectivity index (χ4n) is 1.80. The molecular weight excluding hydrogens is 132 g/mol. The summed E-state index contributed by atoms with van der Waals surface area (Å²) in [6.07, 6.45) is 1.11. The van der Waals surface area contributed by atoms with Crippen molar-refractivity contribution in [1.29, 1.82) is 0 Å². The lowest BCUT2D eigenvalue weighted by Gasteiger charge is -1.90. The molecule has 2 bridgehead atoms. The van der Waals surface area contributed by atoms with Gasteiger partial charge in [-0.15, -0.1) is 0 Å². The van der Waals surface area contributed by atoms with E-state index in [9.17, 15) is 0 Å². The van der Waals surface area contributed by atoms with Gasteiger partial charge in [-0.2, -0.15) is 0 Å². The summed E-state index contributed by atoms with van der Waals surface area (Å²) in [5.74, 6) is 0. The Morgan fingerprint density at radius 2 is 2.18 bits per heavy atom. The maximum Gasteiger partial charge on any atom is -0.00192 e. The quantitative estimate of drug-likeness (QED) is 0.449. The predicted molar refractivity (Wildman–Crippen MR) is 44.7 cm³/mol. The van der Waals surface area contributed by atoms with E-state index >= 15 is 0 Å². The zero-order valence-electron chi connectivity index (χ0n) is 6.09. The van der Waals surface area contributed by atoms with E-state index in [0.29, 0.717) is 0 Å². The molecule has 51 valence electrons. The molecule has 0 spiro atoms. The smallest absolute Gasteiger partial charge is 0.00192 e. The van der Waals surface area contributed by atoms with Crippen molar-refractivity contribution < 1.29 is 0 Å². The molecule has 0 unspecified atom stereocenters. The van der Waals surface area contributed by atoms with Crippen molar-refractivity contribution in [2.45, 2.75) is 6.42 Å². The third-order valence-electron chi connectivity index (χ3n) is 2.35. The van der Waals surface area contributed by atoms with E-state index in [1.807, 2.05) is 0 Å². The van der Waals surface area contributed by atoms with E-state index in [1.165, 1.54) is 22.3 Å². The summed E-state index contributed by atoms with van der Waals surface area (Å²) in [6.45, 7) is 0. The molecule has 11 heavy (non-hydrogen) atoms. The van der Waals surface area contributed by atoms with Crippen molar-refractivity contribution in [1.82, 2.24) is 0 Å². The maximum absolute atomic E-state index is 3.17. The van der Waals surface area contributed by atoms with Crippen LogP contribution < -0.4 is 0 Å². The van der Waals surface area contributed by atoms with Crippen LogP contribution in [0.5, 0.6) is 0 Å². The zero-order valence-corrected chi connectivity index (χ0v) is 6.09. The standard InChI is InChI=1S/C11H7/c1-2-8-6-10-5-4-9(3-1)11(10)7-8/h2-5,7H,6H2. The van der Waals surface area contributed by atoms with Crippen LogP contribution in [-0.4, -0.2) is 0 Å². The van der Waals surface area contributed by atoms with Crippen molar-refractivity contribution in [3.05, 3.63) is 47.5 Å². The van der Waals surface area contributed by atoms with E-state index in [4.69, 9.17) is 0 Å². The normalized spacial score (nSPS) is 13.1. The first kappa shape index (κ1) is 5.36. The Kier molecular flexibility index (Phi) is 0.803. The molecule has 0 aromatic carbocycles. The molecule has 0 heteroatoms. The highest BCUT2D eigenvalue weighted by Crippen LogP contribution is 2.34. The SMILES string of the molecule is [c]1cc2cc3c(ccc-3c1)C2. The molecule has 0 nitrogen and oxygen atoms in total. The lowest BCUT2D eigenvalue weighted by molar-refractivity contribution is 1.27. The van der Waals surface area contributed by atoms with E-state index in [1.54, 1.807) is 0 Å². The second kappa shape index (κ2) is 1.65. The third-order valence-corrected chi connectivity index (χ3v) is 2.35. The average molecular weight is 139 g/mol. The first-order chi connectivity index (χ1) is 5.43. The summed E-state index contributed by atoms with van der Waals surface area (Å²) >= 11 is 0. The van der Waals surface area contributed by atoms with Gasteiger partial charge in [0.1, 0.15) is 0 Å². The predicted octanol–water partition coefficient (Wildman–Crippen LogP) is 2.50. The Morgan fingerprint density at radius 3 is 3.18 bits per heavy atom. The Hall–Kier alpha value is -1.30. The lowest BCUT2D eigenvalue weighted by Crippen LogP contribution is -1.76. The van der Waals surface area contributed by atoms with Crippen LogP contribution in [0.3, 0.4) is 0 Å². The van der Waals surface area contributed by atoms with Gasteiger partial charge in [0, 0.05) is 0 Å². The van der Waals surface area contributed by atoms with Gasteiger partial charge in [-0.05, 0) is 40.8 Å². The van der Waals surface area contributed by atoms with Crippen LogP contribution in [0.25, 0.3) is 11.1 Å². The van der Waals surface area contributed by atoms with Crippen LogP contribution in [0.2, 0.25) is 0 Å². The maximum atomic E-state index is 3.17. The molecule has 1 radical (unpaired) electrons. The van der Waals surface area contributed by atoms with Gasteiger partial charge in [0.25, 0.3) is 0 Å². The molecule has 0 N–H and O–H groups in total. The summed E-state index contributed by atoms with van der Waals surface area (Å²) in [5.41, 5.74) is 5.61. The minimum Gasteiger partial charge on any atom is -0.0575 e. The molecule has 3 aliphatic carbocycles. The molecule has 0 aliphatic heterocycles. The highest BCUT2D eigenvalue weighted by Gasteiger charge is 2.14. The molecule has 0 fully saturated rings. The van der Waals surface area contributed by atoms with Crippen LogP contribution in [-0.2, 0) is 6.42 Å². The molecule has 0 amide bonds. The first-order valence-corrected chi connectivity index (χ1v) is 3.85. The first-order valence-electron chi connectivity index (χ1n) is 3.85. The molecule has 0 saturated heterocycles. The van der Waals surface area contributed by atoms with Crippen molar-refractivity contribution in [3.8, 4) is 11.1 Å². The molecule has 0 atom stereocenters. The molecule has 0 aromatic rings. The highest BCUT2D eigenvalue weighted by atomic mass is 14.2. The van der Waals surface area contributed by atoms with E-state index in [0.717, 1.165) is 6.42 Å².